The summed E-state index contributed by atoms with van der Waals surface area (Å²) >= 11 is 1.70. The topological polar surface area (TPSA) is 52.6 Å². The quantitative estimate of drug-likeness (QED) is 0.283. The highest BCUT2D eigenvalue weighted by molar-refractivity contribution is 14.0. The van der Waals surface area contributed by atoms with E-state index in [1.165, 1.54) is 11.1 Å². The van der Waals surface area contributed by atoms with Crippen LogP contribution in [0.5, 0.6) is 0 Å². The van der Waals surface area contributed by atoms with Crippen molar-refractivity contribution >= 4 is 41.3 Å². The molecule has 0 aliphatic heterocycles. The molecule has 0 amide bonds. The molecule has 0 spiro atoms. The lowest BCUT2D eigenvalue weighted by molar-refractivity contribution is 0.295. The monoisotopic (exact) mass is 515 g/mol. The SMILES string of the molecule is CCNC(=NCc1ccccc1CN(CC)CC)NCCc1csc(C)n1.I. The first kappa shape index (κ1) is 24.8. The van der Waals surface area contributed by atoms with Crippen LogP contribution in [0.2, 0.25) is 0 Å². The molecule has 1 heterocycles. The Labute approximate surface area is 191 Å². The largest absolute Gasteiger partial charge is 0.357 e. The molecule has 0 aliphatic carbocycles. The first-order valence-electron chi connectivity index (χ1n) is 9.88. The van der Waals surface area contributed by atoms with Gasteiger partial charge in [-0.15, -0.1) is 35.3 Å². The zero-order chi connectivity index (χ0) is 19.5. The van der Waals surface area contributed by atoms with Crippen LogP contribution in [0.4, 0.5) is 0 Å². The third-order valence-electron chi connectivity index (χ3n) is 4.50. The number of rotatable bonds is 10. The highest BCUT2D eigenvalue weighted by Gasteiger charge is 2.06. The Bertz CT molecular complexity index is 712. The number of nitrogens with one attached hydrogen (secondary N) is 2. The molecule has 1 aromatic heterocycles. The lowest BCUT2D eigenvalue weighted by Gasteiger charge is -2.20. The summed E-state index contributed by atoms with van der Waals surface area (Å²) in [6.45, 7) is 14.0. The number of hydrogen-bond donors (Lipinski definition) is 2. The van der Waals surface area contributed by atoms with Gasteiger partial charge in [-0.1, -0.05) is 38.1 Å². The standard InChI is InChI=1S/C21H33N5S.HI/c1-5-22-21(23-13-12-20-16-27-17(4)25-20)24-14-18-10-8-9-11-19(18)15-26(6-2)7-3;/h8-11,16H,5-7,12-15H2,1-4H3,(H2,22,23,24);1H. The molecule has 2 N–H and O–H groups in total. The minimum Gasteiger partial charge on any atom is -0.357 e. The predicted molar refractivity (Wildman–Crippen MR) is 132 cm³/mol. The fraction of sp³-hybridized carbons (Fsp3) is 0.524. The molecule has 0 fully saturated rings. The van der Waals surface area contributed by atoms with Gasteiger partial charge in [0.1, 0.15) is 0 Å². The van der Waals surface area contributed by atoms with Crippen molar-refractivity contribution < 1.29 is 0 Å². The van der Waals surface area contributed by atoms with E-state index in [2.05, 4.69) is 70.9 Å². The van der Waals surface area contributed by atoms with E-state index in [9.17, 15) is 0 Å². The Morgan fingerprint density at radius 3 is 2.43 bits per heavy atom. The molecule has 0 aliphatic rings. The maximum absolute atomic E-state index is 4.80. The summed E-state index contributed by atoms with van der Waals surface area (Å²) in [6, 6.07) is 8.62. The molecule has 0 bridgehead atoms. The van der Waals surface area contributed by atoms with Gasteiger partial charge in [-0.2, -0.15) is 0 Å². The molecule has 2 aromatic rings. The molecule has 0 saturated heterocycles. The van der Waals surface area contributed by atoms with Gasteiger partial charge in [-0.3, -0.25) is 4.90 Å². The number of guanidine groups is 1. The first-order chi connectivity index (χ1) is 13.2. The van der Waals surface area contributed by atoms with Crippen molar-refractivity contribution in [2.45, 2.75) is 47.2 Å². The fourth-order valence-electron chi connectivity index (χ4n) is 2.89. The zero-order valence-corrected chi connectivity index (χ0v) is 20.6. The lowest BCUT2D eigenvalue weighted by Crippen LogP contribution is -2.38. The van der Waals surface area contributed by atoms with E-state index in [1.807, 2.05) is 6.92 Å². The van der Waals surface area contributed by atoms with Gasteiger partial charge in [-0.05, 0) is 38.1 Å². The van der Waals surface area contributed by atoms with Gasteiger partial charge in [-0.25, -0.2) is 9.98 Å². The zero-order valence-electron chi connectivity index (χ0n) is 17.5. The second-order valence-electron chi connectivity index (χ2n) is 6.46. The van der Waals surface area contributed by atoms with Crippen LogP contribution >= 0.6 is 35.3 Å². The van der Waals surface area contributed by atoms with Crippen molar-refractivity contribution in [1.82, 2.24) is 20.5 Å². The number of nitrogens with zero attached hydrogens (tertiary/aromatic N) is 3. The third-order valence-corrected chi connectivity index (χ3v) is 5.32. The summed E-state index contributed by atoms with van der Waals surface area (Å²) in [6.07, 6.45) is 0.910. The molecular weight excluding hydrogens is 481 g/mol. The Morgan fingerprint density at radius 2 is 1.82 bits per heavy atom. The van der Waals surface area contributed by atoms with Crippen molar-refractivity contribution in [2.75, 3.05) is 26.2 Å². The molecule has 0 radical (unpaired) electrons. The van der Waals surface area contributed by atoms with Gasteiger partial charge in [0.15, 0.2) is 5.96 Å². The summed E-state index contributed by atoms with van der Waals surface area (Å²) in [7, 11) is 0. The number of benzene rings is 1. The molecular formula is C21H34IN5S. The van der Waals surface area contributed by atoms with Crippen molar-refractivity contribution in [3.63, 3.8) is 0 Å². The van der Waals surface area contributed by atoms with E-state index in [4.69, 9.17) is 4.99 Å². The van der Waals surface area contributed by atoms with Gasteiger partial charge in [0.05, 0.1) is 17.2 Å². The summed E-state index contributed by atoms with van der Waals surface area (Å²) in [5.41, 5.74) is 3.79. The lowest BCUT2D eigenvalue weighted by atomic mass is 10.1. The Balaban J connectivity index is 0.00000392. The van der Waals surface area contributed by atoms with E-state index >= 15 is 0 Å². The van der Waals surface area contributed by atoms with Crippen LogP contribution in [0.25, 0.3) is 0 Å². The smallest absolute Gasteiger partial charge is 0.191 e. The van der Waals surface area contributed by atoms with Crippen molar-refractivity contribution in [3.05, 3.63) is 51.5 Å². The fourth-order valence-corrected chi connectivity index (χ4v) is 3.54. The molecule has 156 valence electrons. The van der Waals surface area contributed by atoms with Crippen molar-refractivity contribution in [3.8, 4) is 0 Å². The summed E-state index contributed by atoms with van der Waals surface area (Å²) in [5, 5.41) is 10.0. The van der Waals surface area contributed by atoms with Gasteiger partial charge in [0.2, 0.25) is 0 Å². The van der Waals surface area contributed by atoms with Crippen LogP contribution in [0.3, 0.4) is 0 Å². The Morgan fingerprint density at radius 1 is 1.11 bits per heavy atom. The summed E-state index contributed by atoms with van der Waals surface area (Å²) < 4.78 is 0. The molecule has 2 rings (SSSR count). The Kier molecular flexibility index (Phi) is 12.3. The van der Waals surface area contributed by atoms with Crippen LogP contribution in [-0.4, -0.2) is 42.0 Å². The molecule has 0 saturated carbocycles. The molecule has 7 heteroatoms. The number of aryl methyl sites for hydroxylation is 1. The molecule has 0 unspecified atom stereocenters. The number of halogens is 1. The second-order valence-corrected chi connectivity index (χ2v) is 7.52. The van der Waals surface area contributed by atoms with Crippen molar-refractivity contribution in [1.29, 1.82) is 0 Å². The van der Waals surface area contributed by atoms with E-state index in [0.717, 1.165) is 55.8 Å². The minimum absolute atomic E-state index is 0. The van der Waals surface area contributed by atoms with Crippen LogP contribution < -0.4 is 10.6 Å². The number of hydrogen-bond acceptors (Lipinski definition) is 4. The highest BCUT2D eigenvalue weighted by atomic mass is 127. The maximum atomic E-state index is 4.80. The molecule has 1 aromatic carbocycles. The number of aromatic nitrogens is 1. The molecule has 0 atom stereocenters. The highest BCUT2D eigenvalue weighted by Crippen LogP contribution is 2.13. The summed E-state index contributed by atoms with van der Waals surface area (Å²) in [4.78, 5) is 11.7. The predicted octanol–water partition coefficient (Wildman–Crippen LogP) is 4.21. The van der Waals surface area contributed by atoms with E-state index in [1.54, 1.807) is 11.3 Å². The average Bonchev–Trinajstić information content (AvgIpc) is 3.10. The average molecular weight is 516 g/mol. The van der Waals surface area contributed by atoms with Crippen LogP contribution in [0.1, 0.15) is 42.6 Å². The van der Waals surface area contributed by atoms with E-state index in [0.29, 0.717) is 6.54 Å². The normalized spacial score (nSPS) is 11.4. The van der Waals surface area contributed by atoms with Gasteiger partial charge >= 0.3 is 0 Å². The number of thiazole rings is 1. The Hall–Kier alpha value is -1.19. The van der Waals surface area contributed by atoms with Crippen LogP contribution in [0.15, 0.2) is 34.6 Å². The number of aliphatic imine (C=N–C) groups is 1. The van der Waals surface area contributed by atoms with Gasteiger partial charge < -0.3 is 10.6 Å². The third kappa shape index (κ3) is 8.45. The van der Waals surface area contributed by atoms with Crippen LogP contribution in [0, 0.1) is 6.92 Å². The summed E-state index contributed by atoms with van der Waals surface area (Å²) in [5.74, 6) is 0.863. The molecule has 28 heavy (non-hydrogen) atoms. The first-order valence-corrected chi connectivity index (χ1v) is 10.8. The van der Waals surface area contributed by atoms with Crippen molar-refractivity contribution in [2.24, 2.45) is 4.99 Å². The molecule has 5 nitrogen and oxygen atoms in total. The minimum atomic E-state index is 0. The van der Waals surface area contributed by atoms with E-state index in [-0.39, 0.29) is 24.0 Å². The van der Waals surface area contributed by atoms with E-state index < -0.39 is 0 Å². The second kappa shape index (κ2) is 13.9. The van der Waals surface area contributed by atoms with Gasteiger partial charge in [0, 0.05) is 31.4 Å². The maximum Gasteiger partial charge on any atom is 0.191 e. The van der Waals surface area contributed by atoms with Crippen LogP contribution in [-0.2, 0) is 19.5 Å². The van der Waals surface area contributed by atoms with Gasteiger partial charge in [0.25, 0.3) is 0 Å².